The highest BCUT2D eigenvalue weighted by atomic mass is 35.5. The van der Waals surface area contributed by atoms with E-state index in [1.54, 1.807) is 13.0 Å². The minimum Gasteiger partial charge on any atom is -0.207 e. The van der Waals surface area contributed by atoms with Crippen LogP contribution in [0.2, 0.25) is 0 Å². The lowest BCUT2D eigenvalue weighted by molar-refractivity contribution is 0.581. The lowest BCUT2D eigenvalue weighted by atomic mass is 10.1. The number of halogens is 3. The van der Waals surface area contributed by atoms with Crippen LogP contribution in [0.15, 0.2) is 24.3 Å². The summed E-state index contributed by atoms with van der Waals surface area (Å²) in [6.45, 7) is 1.73. The first kappa shape index (κ1) is 10.2. The Labute approximate surface area is 80.8 Å². The van der Waals surface area contributed by atoms with Crippen LogP contribution in [-0.2, 0) is 0 Å². The van der Waals surface area contributed by atoms with E-state index in [0.717, 1.165) is 6.07 Å². The maximum atomic E-state index is 13.1. The van der Waals surface area contributed by atoms with E-state index in [1.165, 1.54) is 12.1 Å². The van der Waals surface area contributed by atoms with E-state index in [0.29, 0.717) is 17.0 Å². The van der Waals surface area contributed by atoms with Gasteiger partial charge < -0.3 is 0 Å². The summed E-state index contributed by atoms with van der Waals surface area (Å²) in [5.74, 6) is -0.804. The summed E-state index contributed by atoms with van der Waals surface area (Å²) in [6.07, 6.45) is 1.68. The lowest BCUT2D eigenvalue weighted by Gasteiger charge is -2.02. The molecule has 0 unspecified atom stereocenters. The molecule has 0 spiro atoms. The Balaban J connectivity index is 3.09. The molecule has 0 fully saturated rings. The quantitative estimate of drug-likeness (QED) is 0.643. The molecule has 0 amide bonds. The highest BCUT2D eigenvalue weighted by Gasteiger charge is 2.04. The molecule has 0 bridgehead atoms. The van der Waals surface area contributed by atoms with Crippen molar-refractivity contribution in [1.29, 1.82) is 0 Å². The van der Waals surface area contributed by atoms with Gasteiger partial charge in [0, 0.05) is 17.5 Å². The van der Waals surface area contributed by atoms with Gasteiger partial charge in [0.25, 0.3) is 0 Å². The van der Waals surface area contributed by atoms with Crippen LogP contribution in [0.1, 0.15) is 12.5 Å². The molecule has 1 aromatic carbocycles. The van der Waals surface area contributed by atoms with E-state index in [4.69, 9.17) is 11.6 Å². The molecule has 0 nitrogen and oxygen atoms in total. The van der Waals surface area contributed by atoms with Crippen LogP contribution < -0.4 is 0 Å². The summed E-state index contributed by atoms with van der Waals surface area (Å²) >= 11 is 5.46. The summed E-state index contributed by atoms with van der Waals surface area (Å²) in [4.78, 5) is 0. The number of alkyl halides is 1. The fourth-order valence-corrected chi connectivity index (χ4v) is 1.27. The van der Waals surface area contributed by atoms with Crippen molar-refractivity contribution in [2.75, 3.05) is 5.88 Å². The van der Waals surface area contributed by atoms with Gasteiger partial charge in [0.2, 0.25) is 0 Å². The van der Waals surface area contributed by atoms with Gasteiger partial charge in [-0.25, -0.2) is 8.78 Å². The van der Waals surface area contributed by atoms with Crippen LogP contribution in [0.25, 0.3) is 5.57 Å². The molecule has 3 heteroatoms. The third-order valence-corrected chi connectivity index (χ3v) is 1.89. The second-order valence-corrected chi connectivity index (χ2v) is 2.97. The van der Waals surface area contributed by atoms with Crippen LogP contribution in [0.5, 0.6) is 0 Å². The first-order valence-corrected chi connectivity index (χ1v) is 4.36. The molecule has 13 heavy (non-hydrogen) atoms. The fraction of sp³-hybridized carbons (Fsp3) is 0.200. The van der Waals surface area contributed by atoms with Crippen LogP contribution >= 0.6 is 11.6 Å². The molecule has 0 radical (unpaired) electrons. The highest BCUT2D eigenvalue weighted by molar-refractivity contribution is 6.19. The Morgan fingerprint density at radius 3 is 2.69 bits per heavy atom. The molecule has 0 saturated heterocycles. The second kappa shape index (κ2) is 4.38. The normalized spacial score (nSPS) is 11.8. The van der Waals surface area contributed by atoms with E-state index in [9.17, 15) is 8.78 Å². The van der Waals surface area contributed by atoms with Crippen molar-refractivity contribution in [3.63, 3.8) is 0 Å². The van der Waals surface area contributed by atoms with Gasteiger partial charge in [-0.05, 0) is 24.6 Å². The number of benzene rings is 1. The molecule has 0 aliphatic heterocycles. The zero-order chi connectivity index (χ0) is 9.84. The third-order valence-electron chi connectivity index (χ3n) is 1.74. The van der Waals surface area contributed by atoms with E-state index in [1.807, 2.05) is 0 Å². The maximum absolute atomic E-state index is 13.1. The van der Waals surface area contributed by atoms with E-state index in [2.05, 4.69) is 0 Å². The maximum Gasteiger partial charge on any atom is 0.133 e. The Bertz CT molecular complexity index is 332. The minimum atomic E-state index is -0.570. The van der Waals surface area contributed by atoms with Gasteiger partial charge in [0.05, 0.1) is 0 Å². The van der Waals surface area contributed by atoms with Crippen LogP contribution in [-0.4, -0.2) is 5.88 Å². The lowest BCUT2D eigenvalue weighted by Crippen LogP contribution is -1.88. The molecule has 0 aliphatic rings. The molecule has 0 N–H and O–H groups in total. The average molecular weight is 203 g/mol. The van der Waals surface area contributed by atoms with Crippen molar-refractivity contribution in [3.8, 4) is 0 Å². The summed E-state index contributed by atoms with van der Waals surface area (Å²) in [7, 11) is 0. The van der Waals surface area contributed by atoms with Gasteiger partial charge in [0.15, 0.2) is 0 Å². The van der Waals surface area contributed by atoms with E-state index >= 15 is 0 Å². The fourth-order valence-electron chi connectivity index (χ4n) is 1.03. The summed E-state index contributed by atoms with van der Waals surface area (Å²) in [6, 6.07) is 3.49. The first-order valence-electron chi connectivity index (χ1n) is 3.83. The van der Waals surface area contributed by atoms with Crippen molar-refractivity contribution >= 4 is 17.2 Å². The molecule has 0 saturated carbocycles. The minimum absolute atomic E-state index is 0.322. The number of allylic oxidation sites excluding steroid dienone is 2. The largest absolute Gasteiger partial charge is 0.207 e. The summed E-state index contributed by atoms with van der Waals surface area (Å²) in [5, 5.41) is 0. The zero-order valence-electron chi connectivity index (χ0n) is 7.15. The zero-order valence-corrected chi connectivity index (χ0v) is 7.91. The predicted molar refractivity (Wildman–Crippen MR) is 50.7 cm³/mol. The Kier molecular flexibility index (Phi) is 3.43. The molecule has 0 aliphatic carbocycles. The van der Waals surface area contributed by atoms with Gasteiger partial charge in [-0.1, -0.05) is 6.08 Å². The Hall–Kier alpha value is -0.890. The topological polar surface area (TPSA) is 0 Å². The first-order chi connectivity index (χ1) is 6.15. The molecule has 0 heterocycles. The summed E-state index contributed by atoms with van der Waals surface area (Å²) in [5.41, 5.74) is 1.11. The third kappa shape index (κ3) is 2.52. The monoisotopic (exact) mass is 202 g/mol. The summed E-state index contributed by atoms with van der Waals surface area (Å²) < 4.78 is 25.6. The van der Waals surface area contributed by atoms with Gasteiger partial charge in [-0.3, -0.25) is 0 Å². The van der Waals surface area contributed by atoms with Crippen molar-refractivity contribution in [2.45, 2.75) is 6.92 Å². The molecular formula is C10H9ClF2. The standard InChI is InChI=1S/C10H9ClF2/c1-7(4-5-11)9-3-2-8(12)6-10(9)13/h2-4,6H,5H2,1H3. The van der Waals surface area contributed by atoms with Crippen LogP contribution in [0.3, 0.4) is 0 Å². The van der Waals surface area contributed by atoms with Crippen molar-refractivity contribution in [1.82, 2.24) is 0 Å². The number of hydrogen-bond acceptors (Lipinski definition) is 0. The molecule has 0 aromatic heterocycles. The highest BCUT2D eigenvalue weighted by Crippen LogP contribution is 2.18. The van der Waals surface area contributed by atoms with Gasteiger partial charge in [0.1, 0.15) is 11.6 Å². The van der Waals surface area contributed by atoms with Gasteiger partial charge in [-0.2, -0.15) is 0 Å². The molecule has 0 atom stereocenters. The smallest absolute Gasteiger partial charge is 0.133 e. The molecule has 70 valence electrons. The van der Waals surface area contributed by atoms with Crippen molar-refractivity contribution < 1.29 is 8.78 Å². The SMILES string of the molecule is CC(=CCCl)c1ccc(F)cc1F. The molecular weight excluding hydrogens is 194 g/mol. The Morgan fingerprint density at radius 2 is 2.15 bits per heavy atom. The Morgan fingerprint density at radius 1 is 1.46 bits per heavy atom. The second-order valence-electron chi connectivity index (χ2n) is 2.67. The number of rotatable bonds is 2. The van der Waals surface area contributed by atoms with Crippen molar-refractivity contribution in [3.05, 3.63) is 41.5 Å². The van der Waals surface area contributed by atoms with Gasteiger partial charge >= 0.3 is 0 Å². The van der Waals surface area contributed by atoms with Crippen LogP contribution in [0, 0.1) is 11.6 Å². The van der Waals surface area contributed by atoms with Gasteiger partial charge in [-0.15, -0.1) is 11.6 Å². The predicted octanol–water partition coefficient (Wildman–Crippen LogP) is 3.61. The van der Waals surface area contributed by atoms with Crippen molar-refractivity contribution in [2.24, 2.45) is 0 Å². The molecule has 1 aromatic rings. The van der Waals surface area contributed by atoms with Crippen LogP contribution in [0.4, 0.5) is 8.78 Å². The average Bonchev–Trinajstić information content (AvgIpc) is 2.04. The van der Waals surface area contributed by atoms with E-state index < -0.39 is 11.6 Å². The van der Waals surface area contributed by atoms with E-state index in [-0.39, 0.29) is 0 Å². The molecule has 1 rings (SSSR count). The number of hydrogen-bond donors (Lipinski definition) is 0.